The molecular weight excluding hydrogens is 200 g/mol. The molecule has 1 rings (SSSR count). The van der Waals surface area contributed by atoms with Gasteiger partial charge in [0.15, 0.2) is 0 Å². The van der Waals surface area contributed by atoms with E-state index in [4.69, 9.17) is 0 Å². The summed E-state index contributed by atoms with van der Waals surface area (Å²) in [6.07, 6.45) is 7.38. The quantitative estimate of drug-likeness (QED) is 0.629. The first-order chi connectivity index (χ1) is 5.20. The summed E-state index contributed by atoms with van der Waals surface area (Å²) < 4.78 is 0. The maximum atomic E-state index is 3.65. The van der Waals surface area contributed by atoms with Gasteiger partial charge in [0, 0.05) is 4.83 Å². The summed E-state index contributed by atoms with van der Waals surface area (Å²) >= 11 is 3.65. The normalized spacial score (nSPS) is 25.4. The van der Waals surface area contributed by atoms with Gasteiger partial charge < -0.3 is 0 Å². The van der Waals surface area contributed by atoms with E-state index in [2.05, 4.69) is 29.8 Å². The van der Waals surface area contributed by atoms with Crippen molar-refractivity contribution in [3.8, 4) is 0 Å². The van der Waals surface area contributed by atoms with Crippen molar-refractivity contribution < 1.29 is 0 Å². The van der Waals surface area contributed by atoms with Crippen LogP contribution in [0.2, 0.25) is 0 Å². The van der Waals surface area contributed by atoms with Crippen molar-refractivity contribution in [2.75, 3.05) is 0 Å². The first-order valence-corrected chi connectivity index (χ1v) is 5.75. The Morgan fingerprint density at radius 2 is 1.82 bits per heavy atom. The molecule has 11 heavy (non-hydrogen) atoms. The van der Waals surface area contributed by atoms with E-state index in [1.165, 1.54) is 32.1 Å². The van der Waals surface area contributed by atoms with Gasteiger partial charge in [0.25, 0.3) is 0 Å². The third-order valence-electron chi connectivity index (χ3n) is 2.96. The highest BCUT2D eigenvalue weighted by Gasteiger charge is 2.19. The molecule has 0 bridgehead atoms. The monoisotopic (exact) mass is 218 g/mol. The minimum Gasteiger partial charge on any atom is -0.0891 e. The largest absolute Gasteiger partial charge is 0.0891 e. The molecule has 0 radical (unpaired) electrons. The molecule has 1 saturated carbocycles. The average Bonchev–Trinajstić information content (AvgIpc) is 2.39. The smallest absolute Gasteiger partial charge is 0.0143 e. The van der Waals surface area contributed by atoms with Crippen molar-refractivity contribution in [1.82, 2.24) is 0 Å². The van der Waals surface area contributed by atoms with Crippen LogP contribution < -0.4 is 0 Å². The van der Waals surface area contributed by atoms with Gasteiger partial charge in [-0.15, -0.1) is 0 Å². The molecule has 0 N–H and O–H groups in total. The first kappa shape index (κ1) is 9.57. The maximum Gasteiger partial charge on any atom is 0.0143 e. The Balaban J connectivity index is 2.18. The highest BCUT2D eigenvalue weighted by molar-refractivity contribution is 9.09. The summed E-state index contributed by atoms with van der Waals surface area (Å²) in [7, 11) is 0. The van der Waals surface area contributed by atoms with E-state index in [1.54, 1.807) is 0 Å². The fourth-order valence-corrected chi connectivity index (χ4v) is 2.18. The lowest BCUT2D eigenvalue weighted by atomic mass is 9.93. The van der Waals surface area contributed by atoms with Crippen molar-refractivity contribution >= 4 is 15.9 Å². The predicted octanol–water partition coefficient (Wildman–Crippen LogP) is 3.99. The molecule has 0 spiro atoms. The Morgan fingerprint density at radius 3 is 2.27 bits per heavy atom. The molecule has 0 aromatic rings. The summed E-state index contributed by atoms with van der Waals surface area (Å²) in [4.78, 5) is 0.697. The standard InChI is InChI=1S/C10H19Br/c1-8(9(2)11)7-10-5-3-4-6-10/h8-10H,3-7H2,1-2H3. The summed E-state index contributed by atoms with van der Waals surface area (Å²) in [6, 6.07) is 0. The van der Waals surface area contributed by atoms with Crippen LogP contribution in [0.1, 0.15) is 46.0 Å². The van der Waals surface area contributed by atoms with Crippen molar-refractivity contribution in [2.24, 2.45) is 11.8 Å². The van der Waals surface area contributed by atoms with E-state index in [-0.39, 0.29) is 0 Å². The summed E-state index contributed by atoms with van der Waals surface area (Å²) in [6.45, 7) is 4.62. The Morgan fingerprint density at radius 1 is 1.27 bits per heavy atom. The molecule has 66 valence electrons. The number of halogens is 1. The molecule has 2 unspecified atom stereocenters. The van der Waals surface area contributed by atoms with Gasteiger partial charge in [-0.3, -0.25) is 0 Å². The number of rotatable bonds is 3. The third-order valence-corrected chi connectivity index (χ3v) is 3.87. The Labute approximate surface area is 78.9 Å². The van der Waals surface area contributed by atoms with Crippen molar-refractivity contribution in [3.63, 3.8) is 0 Å². The second kappa shape index (κ2) is 4.49. The molecule has 0 saturated heterocycles. The molecule has 0 aliphatic heterocycles. The summed E-state index contributed by atoms with van der Waals surface area (Å²) in [5, 5.41) is 0. The topological polar surface area (TPSA) is 0 Å². The van der Waals surface area contributed by atoms with Gasteiger partial charge >= 0.3 is 0 Å². The van der Waals surface area contributed by atoms with E-state index in [0.717, 1.165) is 11.8 Å². The zero-order valence-electron chi connectivity index (χ0n) is 7.65. The molecule has 0 aromatic heterocycles. The second-order valence-electron chi connectivity index (χ2n) is 4.04. The van der Waals surface area contributed by atoms with Gasteiger partial charge in [-0.2, -0.15) is 0 Å². The zero-order chi connectivity index (χ0) is 8.27. The second-order valence-corrected chi connectivity index (χ2v) is 5.49. The van der Waals surface area contributed by atoms with Crippen LogP contribution in [0, 0.1) is 11.8 Å². The Kier molecular flexibility index (Phi) is 3.91. The molecular formula is C10H19Br. The van der Waals surface area contributed by atoms with E-state index in [9.17, 15) is 0 Å². The lowest BCUT2D eigenvalue weighted by Crippen LogP contribution is -2.10. The highest BCUT2D eigenvalue weighted by atomic mass is 79.9. The Bertz CT molecular complexity index is 103. The minimum atomic E-state index is 0.697. The lowest BCUT2D eigenvalue weighted by Gasteiger charge is -2.17. The van der Waals surface area contributed by atoms with Crippen LogP contribution in [0.3, 0.4) is 0 Å². The molecule has 0 heterocycles. The number of hydrogen-bond acceptors (Lipinski definition) is 0. The molecule has 1 fully saturated rings. The van der Waals surface area contributed by atoms with Gasteiger partial charge in [-0.25, -0.2) is 0 Å². The van der Waals surface area contributed by atoms with Gasteiger partial charge in [-0.05, 0) is 18.3 Å². The molecule has 1 aliphatic rings. The van der Waals surface area contributed by atoms with Crippen molar-refractivity contribution in [1.29, 1.82) is 0 Å². The molecule has 0 amide bonds. The van der Waals surface area contributed by atoms with Gasteiger partial charge in [0.1, 0.15) is 0 Å². The molecule has 1 aliphatic carbocycles. The molecule has 0 aromatic carbocycles. The van der Waals surface area contributed by atoms with Crippen LogP contribution >= 0.6 is 15.9 Å². The zero-order valence-corrected chi connectivity index (χ0v) is 9.23. The minimum absolute atomic E-state index is 0.697. The fourth-order valence-electron chi connectivity index (χ4n) is 1.96. The molecule has 1 heteroatoms. The summed E-state index contributed by atoms with van der Waals surface area (Å²) in [5.41, 5.74) is 0. The van der Waals surface area contributed by atoms with Crippen molar-refractivity contribution in [3.05, 3.63) is 0 Å². The average molecular weight is 219 g/mol. The molecule has 0 nitrogen and oxygen atoms in total. The van der Waals surface area contributed by atoms with Crippen LogP contribution in [0.25, 0.3) is 0 Å². The van der Waals surface area contributed by atoms with E-state index >= 15 is 0 Å². The van der Waals surface area contributed by atoms with E-state index < -0.39 is 0 Å². The molecule has 2 atom stereocenters. The number of alkyl halides is 1. The van der Waals surface area contributed by atoms with Gasteiger partial charge in [0.05, 0.1) is 0 Å². The predicted molar refractivity (Wildman–Crippen MR) is 54.1 cm³/mol. The third kappa shape index (κ3) is 3.14. The lowest BCUT2D eigenvalue weighted by molar-refractivity contribution is 0.398. The van der Waals surface area contributed by atoms with Gasteiger partial charge in [0.2, 0.25) is 0 Å². The first-order valence-electron chi connectivity index (χ1n) is 4.84. The van der Waals surface area contributed by atoms with Gasteiger partial charge in [-0.1, -0.05) is 55.5 Å². The van der Waals surface area contributed by atoms with Crippen LogP contribution in [0.15, 0.2) is 0 Å². The summed E-state index contributed by atoms with van der Waals surface area (Å²) in [5.74, 6) is 1.91. The maximum absolute atomic E-state index is 3.65. The van der Waals surface area contributed by atoms with Crippen molar-refractivity contribution in [2.45, 2.75) is 50.8 Å². The highest BCUT2D eigenvalue weighted by Crippen LogP contribution is 2.32. The van der Waals surface area contributed by atoms with Crippen LogP contribution in [-0.2, 0) is 0 Å². The van der Waals surface area contributed by atoms with Crippen LogP contribution in [0.5, 0.6) is 0 Å². The van der Waals surface area contributed by atoms with Crippen LogP contribution in [0.4, 0.5) is 0 Å². The Hall–Kier alpha value is 0.480. The van der Waals surface area contributed by atoms with Crippen LogP contribution in [-0.4, -0.2) is 4.83 Å². The van der Waals surface area contributed by atoms with E-state index in [1.807, 2.05) is 0 Å². The SMILES string of the molecule is CC(Br)C(C)CC1CCCC1. The number of hydrogen-bond donors (Lipinski definition) is 0. The van der Waals surface area contributed by atoms with E-state index in [0.29, 0.717) is 4.83 Å². The fraction of sp³-hybridized carbons (Fsp3) is 1.00.